The van der Waals surface area contributed by atoms with Gasteiger partial charge in [0.25, 0.3) is 0 Å². The lowest BCUT2D eigenvalue weighted by Crippen LogP contribution is -2.37. The number of aromatic nitrogens is 1. The molecule has 0 amide bonds. The quantitative estimate of drug-likeness (QED) is 0.857. The van der Waals surface area contributed by atoms with Crippen LogP contribution in [0.4, 0.5) is 0 Å². The third-order valence-corrected chi connectivity index (χ3v) is 4.03. The van der Waals surface area contributed by atoms with E-state index in [0.29, 0.717) is 6.04 Å². The molecule has 1 atom stereocenters. The second-order valence-electron chi connectivity index (χ2n) is 5.24. The fourth-order valence-electron chi connectivity index (χ4n) is 2.87. The van der Waals surface area contributed by atoms with Crippen molar-refractivity contribution in [3.8, 4) is 0 Å². The minimum atomic E-state index is -0.924. The summed E-state index contributed by atoms with van der Waals surface area (Å²) >= 11 is 0. The van der Waals surface area contributed by atoms with Crippen molar-refractivity contribution >= 4 is 5.97 Å². The summed E-state index contributed by atoms with van der Waals surface area (Å²) in [7, 11) is 0. The molecule has 0 spiro atoms. The fourth-order valence-corrected chi connectivity index (χ4v) is 2.87. The van der Waals surface area contributed by atoms with Crippen LogP contribution in [0.5, 0.6) is 0 Å². The van der Waals surface area contributed by atoms with Crippen molar-refractivity contribution in [1.29, 1.82) is 0 Å². The van der Waals surface area contributed by atoms with Crippen LogP contribution in [-0.4, -0.2) is 58.1 Å². The van der Waals surface area contributed by atoms with Gasteiger partial charge in [0.15, 0.2) is 0 Å². The van der Waals surface area contributed by atoms with Gasteiger partial charge in [-0.15, -0.1) is 0 Å². The number of carboxylic acid groups (broad SMARTS) is 1. The van der Waals surface area contributed by atoms with Crippen molar-refractivity contribution in [3.05, 3.63) is 29.6 Å². The van der Waals surface area contributed by atoms with Crippen molar-refractivity contribution in [2.24, 2.45) is 0 Å². The van der Waals surface area contributed by atoms with Crippen LogP contribution in [-0.2, 0) is 6.54 Å². The molecule has 1 saturated heterocycles. The number of rotatable bonds is 6. The minimum Gasteiger partial charge on any atom is -0.478 e. The van der Waals surface area contributed by atoms with E-state index in [-0.39, 0.29) is 5.56 Å². The second kappa shape index (κ2) is 6.81. The molecule has 1 aromatic rings. The van der Waals surface area contributed by atoms with Crippen molar-refractivity contribution in [2.75, 3.05) is 26.2 Å². The Kier molecular flexibility index (Phi) is 5.09. The highest BCUT2D eigenvalue weighted by Gasteiger charge is 2.26. The van der Waals surface area contributed by atoms with Crippen LogP contribution in [0, 0.1) is 0 Å². The molecule has 2 rings (SSSR count). The molecule has 1 N–H and O–H groups in total. The average molecular weight is 277 g/mol. The summed E-state index contributed by atoms with van der Waals surface area (Å²) in [6, 6.07) is 4.08. The molecule has 2 heterocycles. The maximum absolute atomic E-state index is 10.8. The number of pyridine rings is 1. The predicted molar refractivity (Wildman–Crippen MR) is 77.8 cm³/mol. The molecule has 5 heteroatoms. The van der Waals surface area contributed by atoms with Crippen LogP contribution >= 0.6 is 0 Å². The van der Waals surface area contributed by atoms with Crippen LogP contribution in [0.1, 0.15) is 36.3 Å². The van der Waals surface area contributed by atoms with E-state index in [2.05, 4.69) is 28.6 Å². The first-order valence-electron chi connectivity index (χ1n) is 7.28. The van der Waals surface area contributed by atoms with Crippen molar-refractivity contribution in [1.82, 2.24) is 14.8 Å². The summed E-state index contributed by atoms with van der Waals surface area (Å²) in [5.74, 6) is -0.924. The maximum atomic E-state index is 10.8. The highest BCUT2D eigenvalue weighted by Crippen LogP contribution is 2.17. The van der Waals surface area contributed by atoms with Gasteiger partial charge in [0, 0.05) is 31.9 Å². The van der Waals surface area contributed by atoms with Gasteiger partial charge in [0.2, 0.25) is 0 Å². The fraction of sp³-hybridized carbons (Fsp3) is 0.600. The van der Waals surface area contributed by atoms with E-state index in [1.54, 1.807) is 6.07 Å². The lowest BCUT2D eigenvalue weighted by Gasteiger charge is -2.26. The number of aromatic carboxylic acids is 1. The lowest BCUT2D eigenvalue weighted by molar-refractivity contribution is 0.0696. The maximum Gasteiger partial charge on any atom is 0.337 e. The monoisotopic (exact) mass is 277 g/mol. The number of nitrogens with zero attached hydrogens (tertiary/aromatic N) is 3. The van der Waals surface area contributed by atoms with Crippen molar-refractivity contribution in [3.63, 3.8) is 0 Å². The summed E-state index contributed by atoms with van der Waals surface area (Å²) in [5.41, 5.74) is 1.19. The average Bonchev–Trinajstić information content (AvgIpc) is 2.89. The molecule has 110 valence electrons. The molecule has 5 nitrogen and oxygen atoms in total. The second-order valence-corrected chi connectivity index (χ2v) is 5.24. The first-order chi connectivity index (χ1) is 9.63. The molecule has 0 aliphatic carbocycles. The summed E-state index contributed by atoms with van der Waals surface area (Å²) in [6.45, 7) is 9.57. The normalized spacial score (nSPS) is 19.6. The predicted octanol–water partition coefficient (Wildman–Crippen LogP) is 1.70. The molecular formula is C15H23N3O2. The van der Waals surface area contributed by atoms with Crippen LogP contribution in [0.3, 0.4) is 0 Å². The number of hydrogen-bond donors (Lipinski definition) is 1. The van der Waals surface area contributed by atoms with E-state index in [4.69, 9.17) is 5.11 Å². The van der Waals surface area contributed by atoms with Gasteiger partial charge in [-0.1, -0.05) is 13.8 Å². The van der Waals surface area contributed by atoms with Gasteiger partial charge in [-0.25, -0.2) is 4.79 Å². The van der Waals surface area contributed by atoms with Gasteiger partial charge < -0.3 is 5.11 Å². The summed E-state index contributed by atoms with van der Waals surface area (Å²) in [5, 5.41) is 8.85. The molecule has 1 aliphatic rings. The number of carbonyl (C=O) groups is 1. The molecule has 1 fully saturated rings. The van der Waals surface area contributed by atoms with Gasteiger partial charge in [0.1, 0.15) is 0 Å². The minimum absolute atomic E-state index is 0.246. The number of likely N-dealkylation sites (N-methyl/N-ethyl adjacent to an activating group) is 1. The Morgan fingerprint density at radius 3 is 2.75 bits per heavy atom. The Morgan fingerprint density at radius 2 is 2.20 bits per heavy atom. The van der Waals surface area contributed by atoms with Gasteiger partial charge in [-0.2, -0.15) is 0 Å². The van der Waals surface area contributed by atoms with Crippen LogP contribution in [0.2, 0.25) is 0 Å². The molecular weight excluding hydrogens is 254 g/mol. The standard InChI is InChI=1S/C15H23N3O2/c1-3-18(4-2)14-7-8-17(11-14)10-13-6-5-12(9-16-13)15(19)20/h5-6,9,14H,3-4,7-8,10-11H2,1-2H3,(H,19,20). The molecule has 0 bridgehead atoms. The Morgan fingerprint density at radius 1 is 1.45 bits per heavy atom. The zero-order valence-corrected chi connectivity index (χ0v) is 12.2. The van der Waals surface area contributed by atoms with Gasteiger partial charge in [-0.05, 0) is 31.6 Å². The Labute approximate surface area is 120 Å². The molecule has 1 aliphatic heterocycles. The van der Waals surface area contributed by atoms with Crippen LogP contribution in [0.25, 0.3) is 0 Å². The Hall–Kier alpha value is -1.46. The van der Waals surface area contributed by atoms with E-state index in [1.807, 2.05) is 6.07 Å². The zero-order chi connectivity index (χ0) is 14.5. The van der Waals surface area contributed by atoms with Crippen LogP contribution < -0.4 is 0 Å². The number of hydrogen-bond acceptors (Lipinski definition) is 4. The van der Waals surface area contributed by atoms with E-state index in [0.717, 1.165) is 38.4 Å². The van der Waals surface area contributed by atoms with Gasteiger partial charge >= 0.3 is 5.97 Å². The SMILES string of the molecule is CCN(CC)C1CCN(Cc2ccc(C(=O)O)cn2)C1. The molecule has 1 aromatic heterocycles. The smallest absolute Gasteiger partial charge is 0.337 e. The summed E-state index contributed by atoms with van der Waals surface area (Å²) in [4.78, 5) is 19.9. The van der Waals surface area contributed by atoms with E-state index >= 15 is 0 Å². The highest BCUT2D eigenvalue weighted by atomic mass is 16.4. The van der Waals surface area contributed by atoms with Crippen LogP contribution in [0.15, 0.2) is 18.3 Å². The number of likely N-dealkylation sites (tertiary alicyclic amines) is 1. The van der Waals surface area contributed by atoms with E-state index in [1.165, 1.54) is 12.6 Å². The largest absolute Gasteiger partial charge is 0.478 e. The van der Waals surface area contributed by atoms with E-state index < -0.39 is 5.97 Å². The summed E-state index contributed by atoms with van der Waals surface area (Å²) < 4.78 is 0. The first-order valence-corrected chi connectivity index (χ1v) is 7.28. The first kappa shape index (κ1) is 14.9. The third-order valence-electron chi connectivity index (χ3n) is 4.03. The van der Waals surface area contributed by atoms with Crippen molar-refractivity contribution < 1.29 is 9.90 Å². The number of carboxylic acids is 1. The Balaban J connectivity index is 1.90. The molecule has 1 unspecified atom stereocenters. The molecule has 0 radical (unpaired) electrons. The topological polar surface area (TPSA) is 56.7 Å². The molecule has 20 heavy (non-hydrogen) atoms. The summed E-state index contributed by atoms with van der Waals surface area (Å²) in [6.07, 6.45) is 2.64. The molecule has 0 saturated carbocycles. The zero-order valence-electron chi connectivity index (χ0n) is 12.2. The molecule has 0 aromatic carbocycles. The van der Waals surface area contributed by atoms with E-state index in [9.17, 15) is 4.79 Å². The third kappa shape index (κ3) is 3.55. The van der Waals surface area contributed by atoms with Gasteiger partial charge in [0.05, 0.1) is 11.3 Å². The van der Waals surface area contributed by atoms with Gasteiger partial charge in [-0.3, -0.25) is 14.8 Å². The lowest BCUT2D eigenvalue weighted by atomic mass is 10.2. The highest BCUT2D eigenvalue weighted by molar-refractivity contribution is 5.87. The van der Waals surface area contributed by atoms with Crippen molar-refractivity contribution in [2.45, 2.75) is 32.9 Å². The Bertz CT molecular complexity index is 443.